The Morgan fingerprint density at radius 3 is 2.09 bits per heavy atom. The number of ether oxygens (including phenoxy) is 2. The lowest BCUT2D eigenvalue weighted by Gasteiger charge is -2.15. The van der Waals surface area contributed by atoms with Crippen LogP contribution in [0.15, 0.2) is 53.4 Å². The van der Waals surface area contributed by atoms with E-state index in [2.05, 4.69) is 4.72 Å². The van der Waals surface area contributed by atoms with Crippen LogP contribution in [0.5, 0.6) is 11.5 Å². The Kier molecular flexibility index (Phi) is 5.63. The second-order valence-corrected chi connectivity index (χ2v) is 6.73. The highest BCUT2D eigenvalue weighted by Crippen LogP contribution is 2.21. The largest absolute Gasteiger partial charge is 0.497 e. The van der Waals surface area contributed by atoms with Crippen LogP contribution < -0.4 is 14.2 Å². The number of sulfonamides is 1. The fraction of sp³-hybridized carbons (Fsp3) is 0.294. The monoisotopic (exact) mass is 335 g/mol. The van der Waals surface area contributed by atoms with Crippen LogP contribution in [0.3, 0.4) is 0 Å². The SMILES string of the molecule is CCOc1ccc(C(C)NS(=O)(=O)c2ccc(OC)cc2)cc1. The van der Waals surface area contributed by atoms with Gasteiger partial charge in [0.05, 0.1) is 18.6 Å². The summed E-state index contributed by atoms with van der Waals surface area (Å²) in [6.45, 7) is 4.31. The van der Waals surface area contributed by atoms with Crippen LogP contribution in [0.4, 0.5) is 0 Å². The van der Waals surface area contributed by atoms with Crippen LogP contribution in [-0.4, -0.2) is 22.1 Å². The Morgan fingerprint density at radius 1 is 1.00 bits per heavy atom. The van der Waals surface area contributed by atoms with Crippen LogP contribution in [0.25, 0.3) is 0 Å². The zero-order chi connectivity index (χ0) is 16.9. The standard InChI is InChI=1S/C17H21NO4S/c1-4-22-16-7-5-14(6-8-16)13(2)18-23(19,20)17-11-9-15(21-3)10-12-17/h5-13,18H,4H2,1-3H3. The molecule has 2 rings (SSSR count). The Balaban J connectivity index is 2.12. The maximum atomic E-state index is 12.4. The minimum absolute atomic E-state index is 0.205. The molecule has 0 amide bonds. The highest BCUT2D eigenvalue weighted by Gasteiger charge is 2.18. The first-order valence-electron chi connectivity index (χ1n) is 7.35. The third-order valence-electron chi connectivity index (χ3n) is 3.39. The van der Waals surface area contributed by atoms with Crippen molar-refractivity contribution in [1.29, 1.82) is 0 Å². The van der Waals surface area contributed by atoms with E-state index in [1.165, 1.54) is 19.2 Å². The molecule has 1 N–H and O–H groups in total. The van der Waals surface area contributed by atoms with Crippen molar-refractivity contribution >= 4 is 10.0 Å². The summed E-state index contributed by atoms with van der Waals surface area (Å²) in [5, 5.41) is 0. The van der Waals surface area contributed by atoms with Crippen molar-refractivity contribution in [3.8, 4) is 11.5 Å². The molecular formula is C17H21NO4S. The molecule has 6 heteroatoms. The first-order chi connectivity index (χ1) is 11.0. The zero-order valence-electron chi connectivity index (χ0n) is 13.4. The van der Waals surface area contributed by atoms with E-state index >= 15 is 0 Å². The molecule has 124 valence electrons. The Bertz CT molecular complexity index is 724. The zero-order valence-corrected chi connectivity index (χ0v) is 14.3. The molecule has 0 aliphatic heterocycles. The molecule has 0 aliphatic carbocycles. The molecule has 0 saturated heterocycles. The summed E-state index contributed by atoms with van der Waals surface area (Å²) in [7, 11) is -2.05. The van der Waals surface area contributed by atoms with Crippen LogP contribution in [0.1, 0.15) is 25.5 Å². The van der Waals surface area contributed by atoms with Gasteiger partial charge in [-0.2, -0.15) is 0 Å². The molecule has 0 heterocycles. The topological polar surface area (TPSA) is 64.6 Å². The highest BCUT2D eigenvalue weighted by molar-refractivity contribution is 7.89. The number of benzene rings is 2. The van der Waals surface area contributed by atoms with Crippen LogP contribution in [0.2, 0.25) is 0 Å². The van der Waals surface area contributed by atoms with Gasteiger partial charge in [0, 0.05) is 6.04 Å². The molecule has 1 unspecified atom stereocenters. The van der Waals surface area contributed by atoms with Crippen molar-refractivity contribution < 1.29 is 17.9 Å². The first-order valence-corrected chi connectivity index (χ1v) is 8.83. The summed E-state index contributed by atoms with van der Waals surface area (Å²) >= 11 is 0. The third-order valence-corrected chi connectivity index (χ3v) is 4.95. The average molecular weight is 335 g/mol. The second-order valence-electron chi connectivity index (χ2n) is 5.02. The van der Waals surface area contributed by atoms with Crippen molar-refractivity contribution in [3.05, 3.63) is 54.1 Å². The molecule has 0 spiro atoms. The van der Waals surface area contributed by atoms with Crippen molar-refractivity contribution in [2.75, 3.05) is 13.7 Å². The molecule has 2 aromatic rings. The molecule has 0 saturated carbocycles. The Hall–Kier alpha value is -2.05. The lowest BCUT2D eigenvalue weighted by atomic mass is 10.1. The predicted molar refractivity (Wildman–Crippen MR) is 89.3 cm³/mol. The van der Waals surface area contributed by atoms with Gasteiger partial charge in [0.1, 0.15) is 11.5 Å². The second kappa shape index (κ2) is 7.48. The summed E-state index contributed by atoms with van der Waals surface area (Å²) in [5.74, 6) is 1.38. The molecular weight excluding hydrogens is 314 g/mol. The molecule has 2 aromatic carbocycles. The maximum absolute atomic E-state index is 12.4. The summed E-state index contributed by atoms with van der Waals surface area (Å²) in [5.41, 5.74) is 0.866. The Morgan fingerprint density at radius 2 is 1.57 bits per heavy atom. The van der Waals surface area contributed by atoms with Gasteiger partial charge in [-0.3, -0.25) is 0 Å². The number of nitrogens with one attached hydrogen (secondary N) is 1. The van der Waals surface area contributed by atoms with Gasteiger partial charge in [-0.05, 0) is 55.8 Å². The number of hydrogen-bond donors (Lipinski definition) is 1. The van der Waals surface area contributed by atoms with Crippen molar-refractivity contribution in [2.24, 2.45) is 0 Å². The fourth-order valence-electron chi connectivity index (χ4n) is 2.14. The van der Waals surface area contributed by atoms with Gasteiger partial charge in [0.25, 0.3) is 0 Å². The van der Waals surface area contributed by atoms with Gasteiger partial charge < -0.3 is 9.47 Å². The van der Waals surface area contributed by atoms with E-state index in [1.807, 2.05) is 31.2 Å². The Labute approximate surface area is 137 Å². The predicted octanol–water partition coefficient (Wildman–Crippen LogP) is 3.13. The molecule has 23 heavy (non-hydrogen) atoms. The van der Waals surface area contributed by atoms with E-state index in [-0.39, 0.29) is 10.9 Å². The van der Waals surface area contributed by atoms with Crippen LogP contribution in [-0.2, 0) is 10.0 Å². The van der Waals surface area contributed by atoms with Crippen LogP contribution in [0, 0.1) is 0 Å². The van der Waals surface area contributed by atoms with E-state index in [0.717, 1.165) is 11.3 Å². The number of hydrogen-bond acceptors (Lipinski definition) is 4. The average Bonchev–Trinajstić information content (AvgIpc) is 2.55. The lowest BCUT2D eigenvalue weighted by molar-refractivity contribution is 0.340. The van der Waals surface area contributed by atoms with E-state index < -0.39 is 10.0 Å². The van der Waals surface area contributed by atoms with E-state index in [4.69, 9.17) is 9.47 Å². The van der Waals surface area contributed by atoms with Gasteiger partial charge in [-0.1, -0.05) is 12.1 Å². The van der Waals surface area contributed by atoms with Gasteiger partial charge in [-0.25, -0.2) is 13.1 Å². The molecule has 0 bridgehead atoms. The summed E-state index contributed by atoms with van der Waals surface area (Å²) in [4.78, 5) is 0.205. The molecule has 0 aromatic heterocycles. The van der Waals surface area contributed by atoms with Crippen LogP contribution >= 0.6 is 0 Å². The van der Waals surface area contributed by atoms with Crippen molar-refractivity contribution in [2.45, 2.75) is 24.8 Å². The number of methoxy groups -OCH3 is 1. The highest BCUT2D eigenvalue weighted by atomic mass is 32.2. The minimum atomic E-state index is -3.59. The normalized spacial score (nSPS) is 12.7. The molecule has 5 nitrogen and oxygen atoms in total. The summed E-state index contributed by atoms with van der Waals surface area (Å²) < 4.78 is 37.9. The minimum Gasteiger partial charge on any atom is -0.497 e. The van der Waals surface area contributed by atoms with Gasteiger partial charge in [0.15, 0.2) is 0 Å². The van der Waals surface area contributed by atoms with Crippen molar-refractivity contribution in [1.82, 2.24) is 4.72 Å². The lowest BCUT2D eigenvalue weighted by Crippen LogP contribution is -2.26. The van der Waals surface area contributed by atoms with Gasteiger partial charge >= 0.3 is 0 Å². The quantitative estimate of drug-likeness (QED) is 0.844. The summed E-state index contributed by atoms with van der Waals surface area (Å²) in [6.07, 6.45) is 0. The maximum Gasteiger partial charge on any atom is 0.241 e. The van der Waals surface area contributed by atoms with E-state index in [1.54, 1.807) is 19.1 Å². The molecule has 1 atom stereocenters. The fourth-order valence-corrected chi connectivity index (χ4v) is 3.38. The summed E-state index contributed by atoms with van der Waals surface area (Å²) in [6, 6.07) is 13.3. The van der Waals surface area contributed by atoms with Crippen molar-refractivity contribution in [3.63, 3.8) is 0 Å². The molecule has 0 aliphatic rings. The smallest absolute Gasteiger partial charge is 0.241 e. The molecule has 0 radical (unpaired) electrons. The van der Waals surface area contributed by atoms with Gasteiger partial charge in [-0.15, -0.1) is 0 Å². The van der Waals surface area contributed by atoms with Gasteiger partial charge in [0.2, 0.25) is 10.0 Å². The first kappa shape index (κ1) is 17.3. The number of rotatable bonds is 7. The van der Waals surface area contributed by atoms with E-state index in [0.29, 0.717) is 12.4 Å². The molecule has 0 fully saturated rings. The third kappa shape index (κ3) is 4.46. The van der Waals surface area contributed by atoms with E-state index in [9.17, 15) is 8.42 Å².